The lowest BCUT2D eigenvalue weighted by Gasteiger charge is -2.11. The van der Waals surface area contributed by atoms with Crippen LogP contribution in [-0.2, 0) is 4.79 Å². The van der Waals surface area contributed by atoms with E-state index in [9.17, 15) is 14.4 Å². The van der Waals surface area contributed by atoms with Gasteiger partial charge in [-0.3, -0.25) is 9.59 Å². The number of benzene rings is 3. The van der Waals surface area contributed by atoms with Crippen molar-refractivity contribution in [3.05, 3.63) is 89.5 Å². The summed E-state index contributed by atoms with van der Waals surface area (Å²) in [5.74, 6) is 0.135. The van der Waals surface area contributed by atoms with E-state index in [-0.39, 0.29) is 18.2 Å². The number of carbonyl (C=O) groups excluding carboxylic acids is 3. The summed E-state index contributed by atoms with van der Waals surface area (Å²) >= 11 is 0. The molecule has 0 amide bonds. The minimum Gasteiger partial charge on any atom is -0.493 e. The summed E-state index contributed by atoms with van der Waals surface area (Å²) in [6, 6.07) is 19.9. The van der Waals surface area contributed by atoms with E-state index < -0.39 is 5.97 Å². The van der Waals surface area contributed by atoms with Crippen molar-refractivity contribution in [1.29, 1.82) is 0 Å². The van der Waals surface area contributed by atoms with Gasteiger partial charge in [0.2, 0.25) is 0 Å². The lowest BCUT2D eigenvalue weighted by molar-refractivity contribution is -0.136. The SMILES string of the molecule is COc1cc(C(C)=O)ccc1OCC(=O)Oc1ccc(C(=O)c2ccccc2)cc1. The van der Waals surface area contributed by atoms with Crippen LogP contribution in [0.2, 0.25) is 0 Å². The highest BCUT2D eigenvalue weighted by atomic mass is 16.6. The smallest absolute Gasteiger partial charge is 0.349 e. The first-order chi connectivity index (χ1) is 14.5. The summed E-state index contributed by atoms with van der Waals surface area (Å²) in [5, 5.41) is 0. The predicted molar refractivity (Wildman–Crippen MR) is 110 cm³/mol. The highest BCUT2D eigenvalue weighted by Gasteiger charge is 2.13. The Kier molecular flexibility index (Phi) is 6.60. The predicted octanol–water partition coefficient (Wildman–Crippen LogP) is 4.11. The van der Waals surface area contributed by atoms with E-state index in [2.05, 4.69) is 0 Å². The van der Waals surface area contributed by atoms with Gasteiger partial charge in [-0.1, -0.05) is 30.3 Å². The standard InChI is InChI=1S/C24H20O6/c1-16(25)19-10-13-21(22(14-19)28-2)29-15-23(26)30-20-11-8-18(9-12-20)24(27)17-6-4-3-5-7-17/h3-14H,15H2,1-2H3. The maximum Gasteiger partial charge on any atom is 0.349 e. The summed E-state index contributed by atoms with van der Waals surface area (Å²) in [5.41, 5.74) is 1.56. The normalized spacial score (nSPS) is 10.2. The second-order valence-electron chi connectivity index (χ2n) is 6.40. The molecule has 0 aliphatic carbocycles. The topological polar surface area (TPSA) is 78.9 Å². The Balaban J connectivity index is 1.59. The Morgan fingerprint density at radius 1 is 0.767 bits per heavy atom. The van der Waals surface area contributed by atoms with Gasteiger partial charge < -0.3 is 14.2 Å². The number of carbonyl (C=O) groups is 3. The Morgan fingerprint density at radius 2 is 1.40 bits per heavy atom. The lowest BCUT2D eigenvalue weighted by Crippen LogP contribution is -2.18. The van der Waals surface area contributed by atoms with Crippen LogP contribution in [0.25, 0.3) is 0 Å². The largest absolute Gasteiger partial charge is 0.493 e. The summed E-state index contributed by atoms with van der Waals surface area (Å²) in [6.07, 6.45) is 0. The highest BCUT2D eigenvalue weighted by Crippen LogP contribution is 2.28. The summed E-state index contributed by atoms with van der Waals surface area (Å²) in [6.45, 7) is 1.10. The van der Waals surface area contributed by atoms with E-state index in [0.29, 0.717) is 33.9 Å². The van der Waals surface area contributed by atoms with Gasteiger partial charge in [-0.2, -0.15) is 0 Å². The maximum atomic E-state index is 12.4. The molecule has 0 aliphatic heterocycles. The first kappa shape index (κ1) is 20.8. The van der Waals surface area contributed by atoms with Crippen molar-refractivity contribution in [2.24, 2.45) is 0 Å². The number of rotatable bonds is 8. The van der Waals surface area contributed by atoms with Gasteiger partial charge in [0, 0.05) is 16.7 Å². The van der Waals surface area contributed by atoms with E-state index in [1.807, 2.05) is 6.07 Å². The minimum absolute atomic E-state index is 0.103. The van der Waals surface area contributed by atoms with Crippen LogP contribution in [0.5, 0.6) is 17.2 Å². The lowest BCUT2D eigenvalue weighted by atomic mass is 10.0. The summed E-state index contributed by atoms with van der Waals surface area (Å²) in [4.78, 5) is 35.9. The van der Waals surface area contributed by atoms with Crippen molar-refractivity contribution in [2.75, 3.05) is 13.7 Å². The number of esters is 1. The number of Topliss-reactive ketones (excluding diaryl/α,β-unsaturated/α-hetero) is 1. The number of methoxy groups -OCH3 is 1. The molecule has 0 saturated heterocycles. The number of hydrogen-bond acceptors (Lipinski definition) is 6. The molecule has 152 valence electrons. The number of hydrogen-bond donors (Lipinski definition) is 0. The van der Waals surface area contributed by atoms with Gasteiger partial charge in [0.25, 0.3) is 0 Å². The molecule has 6 nitrogen and oxygen atoms in total. The Hall–Kier alpha value is -3.93. The molecular weight excluding hydrogens is 384 g/mol. The molecule has 0 unspecified atom stereocenters. The molecule has 0 bridgehead atoms. The average Bonchev–Trinajstić information content (AvgIpc) is 2.78. The van der Waals surface area contributed by atoms with Gasteiger partial charge in [-0.05, 0) is 49.4 Å². The van der Waals surface area contributed by atoms with E-state index in [4.69, 9.17) is 14.2 Å². The zero-order valence-corrected chi connectivity index (χ0v) is 16.6. The monoisotopic (exact) mass is 404 g/mol. The Morgan fingerprint density at radius 3 is 2.03 bits per heavy atom. The molecule has 3 aromatic rings. The van der Waals surface area contributed by atoms with Gasteiger partial charge >= 0.3 is 5.97 Å². The first-order valence-electron chi connectivity index (χ1n) is 9.20. The summed E-state index contributed by atoms with van der Waals surface area (Å²) in [7, 11) is 1.45. The molecule has 0 N–H and O–H groups in total. The van der Waals surface area contributed by atoms with Gasteiger partial charge in [0.15, 0.2) is 29.7 Å². The van der Waals surface area contributed by atoms with Crippen molar-refractivity contribution in [3.8, 4) is 17.2 Å². The van der Waals surface area contributed by atoms with Crippen molar-refractivity contribution >= 4 is 17.5 Å². The Labute approximate surface area is 174 Å². The van der Waals surface area contributed by atoms with Crippen LogP contribution in [0.1, 0.15) is 33.2 Å². The molecule has 0 heterocycles. The molecule has 30 heavy (non-hydrogen) atoms. The first-order valence-corrected chi connectivity index (χ1v) is 9.20. The van der Waals surface area contributed by atoms with Crippen molar-refractivity contribution in [3.63, 3.8) is 0 Å². The van der Waals surface area contributed by atoms with Crippen LogP contribution in [0.3, 0.4) is 0 Å². The van der Waals surface area contributed by atoms with Gasteiger partial charge in [0.1, 0.15) is 5.75 Å². The van der Waals surface area contributed by atoms with Crippen LogP contribution in [0, 0.1) is 0 Å². The van der Waals surface area contributed by atoms with Crippen molar-refractivity contribution in [1.82, 2.24) is 0 Å². The Bertz CT molecular complexity index is 1050. The molecule has 0 aliphatic rings. The molecule has 0 radical (unpaired) electrons. The van der Waals surface area contributed by atoms with Gasteiger partial charge in [-0.25, -0.2) is 4.79 Å². The van der Waals surface area contributed by atoms with Crippen LogP contribution >= 0.6 is 0 Å². The third kappa shape index (κ3) is 5.11. The van der Waals surface area contributed by atoms with Crippen LogP contribution < -0.4 is 14.2 Å². The molecular formula is C24H20O6. The molecule has 0 saturated carbocycles. The third-order valence-electron chi connectivity index (χ3n) is 4.30. The second-order valence-corrected chi connectivity index (χ2v) is 6.40. The zero-order valence-electron chi connectivity index (χ0n) is 16.6. The van der Waals surface area contributed by atoms with Crippen LogP contribution in [0.15, 0.2) is 72.8 Å². The molecule has 0 aromatic heterocycles. The molecule has 3 rings (SSSR count). The molecule has 6 heteroatoms. The van der Waals surface area contributed by atoms with Crippen LogP contribution in [-0.4, -0.2) is 31.3 Å². The second kappa shape index (κ2) is 9.52. The molecule has 0 spiro atoms. The molecule has 0 atom stereocenters. The van der Waals surface area contributed by atoms with Gasteiger partial charge in [0.05, 0.1) is 7.11 Å². The van der Waals surface area contributed by atoms with E-state index >= 15 is 0 Å². The fourth-order valence-electron chi connectivity index (χ4n) is 2.73. The molecule has 3 aromatic carbocycles. The fourth-order valence-corrected chi connectivity index (χ4v) is 2.73. The highest BCUT2D eigenvalue weighted by molar-refractivity contribution is 6.09. The quantitative estimate of drug-likeness (QED) is 0.319. The van der Waals surface area contributed by atoms with E-state index in [1.165, 1.54) is 14.0 Å². The van der Waals surface area contributed by atoms with E-state index in [0.717, 1.165) is 0 Å². The number of ether oxygens (including phenoxy) is 3. The van der Waals surface area contributed by atoms with Gasteiger partial charge in [-0.15, -0.1) is 0 Å². The number of ketones is 2. The van der Waals surface area contributed by atoms with Crippen LogP contribution in [0.4, 0.5) is 0 Å². The average molecular weight is 404 g/mol. The van der Waals surface area contributed by atoms with Crippen molar-refractivity contribution in [2.45, 2.75) is 6.92 Å². The summed E-state index contributed by atoms with van der Waals surface area (Å²) < 4.78 is 15.9. The van der Waals surface area contributed by atoms with E-state index in [1.54, 1.807) is 66.7 Å². The molecule has 0 fully saturated rings. The van der Waals surface area contributed by atoms with Crippen molar-refractivity contribution < 1.29 is 28.6 Å². The fraction of sp³-hybridized carbons (Fsp3) is 0.125. The third-order valence-corrected chi connectivity index (χ3v) is 4.30. The maximum absolute atomic E-state index is 12.4. The minimum atomic E-state index is -0.616. The zero-order chi connectivity index (χ0) is 21.5.